The highest BCUT2D eigenvalue weighted by molar-refractivity contribution is 5.42. The molecule has 0 aliphatic heterocycles. The molecule has 2 heterocycles. The summed E-state index contributed by atoms with van der Waals surface area (Å²) in [6, 6.07) is 4.33. The highest BCUT2D eigenvalue weighted by Crippen LogP contribution is 2.39. The summed E-state index contributed by atoms with van der Waals surface area (Å²) >= 11 is 0. The van der Waals surface area contributed by atoms with Crippen LogP contribution in [0.3, 0.4) is 0 Å². The van der Waals surface area contributed by atoms with Crippen molar-refractivity contribution in [3.8, 4) is 0 Å². The predicted octanol–water partition coefficient (Wildman–Crippen LogP) is 3.16. The van der Waals surface area contributed by atoms with Gasteiger partial charge < -0.3 is 4.40 Å². The van der Waals surface area contributed by atoms with Gasteiger partial charge in [-0.05, 0) is 30.9 Å². The maximum atomic E-state index is 4.64. The van der Waals surface area contributed by atoms with Gasteiger partial charge in [-0.15, -0.1) is 0 Å². The monoisotopic (exact) mass is 200 g/mol. The van der Waals surface area contributed by atoms with Crippen LogP contribution in [0.15, 0.2) is 24.5 Å². The van der Waals surface area contributed by atoms with Crippen LogP contribution in [0.4, 0.5) is 0 Å². The van der Waals surface area contributed by atoms with Crippen molar-refractivity contribution < 1.29 is 0 Å². The number of imidazole rings is 1. The number of aryl methyl sites for hydroxylation is 1. The highest BCUT2D eigenvalue weighted by atomic mass is 15.0. The van der Waals surface area contributed by atoms with E-state index in [1.54, 1.807) is 0 Å². The van der Waals surface area contributed by atoms with E-state index >= 15 is 0 Å². The molecular weight excluding hydrogens is 184 g/mol. The average molecular weight is 200 g/mol. The van der Waals surface area contributed by atoms with Gasteiger partial charge in [0.25, 0.3) is 0 Å². The molecule has 0 radical (unpaired) electrons. The molecule has 0 atom stereocenters. The predicted molar refractivity (Wildman–Crippen MR) is 61.2 cm³/mol. The van der Waals surface area contributed by atoms with Gasteiger partial charge in [0.2, 0.25) is 0 Å². The summed E-state index contributed by atoms with van der Waals surface area (Å²) in [5, 5.41) is 0. The molecule has 0 N–H and O–H groups in total. The van der Waals surface area contributed by atoms with Gasteiger partial charge in [0.05, 0.1) is 5.69 Å². The second-order valence-corrected chi connectivity index (χ2v) is 4.49. The molecule has 1 fully saturated rings. The Morgan fingerprint density at radius 2 is 2.20 bits per heavy atom. The van der Waals surface area contributed by atoms with Crippen molar-refractivity contribution in [3.05, 3.63) is 35.8 Å². The molecule has 15 heavy (non-hydrogen) atoms. The first kappa shape index (κ1) is 8.96. The maximum absolute atomic E-state index is 4.64. The van der Waals surface area contributed by atoms with Crippen molar-refractivity contribution in [3.63, 3.8) is 0 Å². The van der Waals surface area contributed by atoms with E-state index in [2.05, 4.69) is 40.8 Å². The fraction of sp³-hybridized carbons (Fsp3) is 0.462. The molecule has 1 aliphatic carbocycles. The summed E-state index contributed by atoms with van der Waals surface area (Å²) in [4.78, 5) is 4.64. The molecule has 2 aromatic rings. The summed E-state index contributed by atoms with van der Waals surface area (Å²) in [5.74, 6) is 0.750. The smallest absolute Gasteiger partial charge is 0.136 e. The lowest BCUT2D eigenvalue weighted by Gasteiger charge is -1.98. The number of nitrogens with zero attached hydrogens (tertiary/aromatic N) is 2. The zero-order valence-electron chi connectivity index (χ0n) is 9.11. The van der Waals surface area contributed by atoms with Gasteiger partial charge in [0, 0.05) is 18.3 Å². The fourth-order valence-corrected chi connectivity index (χ4v) is 2.07. The summed E-state index contributed by atoms with van der Waals surface area (Å²) < 4.78 is 2.18. The van der Waals surface area contributed by atoms with Crippen molar-refractivity contribution in [1.29, 1.82) is 0 Å². The largest absolute Gasteiger partial charge is 0.307 e. The summed E-state index contributed by atoms with van der Waals surface area (Å²) in [6.07, 6.45) is 9.43. The third-order valence-corrected chi connectivity index (χ3v) is 3.07. The number of aromatic nitrogens is 2. The second kappa shape index (κ2) is 3.37. The van der Waals surface area contributed by atoms with Crippen molar-refractivity contribution >= 4 is 5.65 Å². The van der Waals surface area contributed by atoms with Gasteiger partial charge in [0.1, 0.15) is 5.65 Å². The van der Waals surface area contributed by atoms with E-state index in [4.69, 9.17) is 0 Å². The summed E-state index contributed by atoms with van der Waals surface area (Å²) in [7, 11) is 0. The van der Waals surface area contributed by atoms with Crippen LogP contribution >= 0.6 is 0 Å². The minimum atomic E-state index is 0.750. The Kier molecular flexibility index (Phi) is 2.01. The molecule has 78 valence electrons. The van der Waals surface area contributed by atoms with Crippen LogP contribution in [-0.4, -0.2) is 9.38 Å². The minimum absolute atomic E-state index is 0.750. The maximum Gasteiger partial charge on any atom is 0.136 e. The molecule has 0 aromatic carbocycles. The van der Waals surface area contributed by atoms with Gasteiger partial charge in [-0.2, -0.15) is 0 Å². The number of hydrogen-bond acceptors (Lipinski definition) is 1. The van der Waals surface area contributed by atoms with Crippen LogP contribution < -0.4 is 0 Å². The number of fused-ring (bicyclic) bond motifs is 1. The molecule has 1 aliphatic rings. The standard InChI is InChI=1S/C13H16N2/c1-2-3-10-4-7-13-14-12(11-5-6-11)9-15(13)8-10/h4,7-9,11H,2-3,5-6H2,1H3. The molecule has 1 saturated carbocycles. The zero-order chi connectivity index (χ0) is 10.3. The first-order chi connectivity index (χ1) is 7.36. The normalized spacial score (nSPS) is 16.1. The van der Waals surface area contributed by atoms with Crippen molar-refractivity contribution in [2.24, 2.45) is 0 Å². The van der Waals surface area contributed by atoms with Gasteiger partial charge in [-0.3, -0.25) is 0 Å². The zero-order valence-corrected chi connectivity index (χ0v) is 9.11. The average Bonchev–Trinajstić information content (AvgIpc) is 2.99. The SMILES string of the molecule is CCCc1ccc2nc(C3CC3)cn2c1. The molecule has 0 amide bonds. The lowest BCUT2D eigenvalue weighted by molar-refractivity contribution is 0.908. The quantitative estimate of drug-likeness (QED) is 0.744. The third kappa shape index (κ3) is 1.65. The Bertz CT molecular complexity index is 480. The van der Waals surface area contributed by atoms with E-state index in [1.807, 2.05) is 0 Å². The van der Waals surface area contributed by atoms with Crippen molar-refractivity contribution in [2.45, 2.75) is 38.5 Å². The van der Waals surface area contributed by atoms with Crippen LogP contribution in [-0.2, 0) is 6.42 Å². The first-order valence-electron chi connectivity index (χ1n) is 5.84. The van der Waals surface area contributed by atoms with Gasteiger partial charge in [-0.1, -0.05) is 19.4 Å². The van der Waals surface area contributed by atoms with E-state index < -0.39 is 0 Å². The molecule has 2 heteroatoms. The molecular formula is C13H16N2. The summed E-state index contributed by atoms with van der Waals surface area (Å²) in [6.45, 7) is 2.22. The Labute approximate surface area is 90.0 Å². The Morgan fingerprint density at radius 3 is 2.93 bits per heavy atom. The summed E-state index contributed by atoms with van der Waals surface area (Å²) in [5.41, 5.74) is 3.78. The van der Waals surface area contributed by atoms with E-state index in [9.17, 15) is 0 Å². The first-order valence-corrected chi connectivity index (χ1v) is 5.84. The number of pyridine rings is 1. The van der Waals surface area contributed by atoms with E-state index in [-0.39, 0.29) is 0 Å². The van der Waals surface area contributed by atoms with Gasteiger partial charge in [0.15, 0.2) is 0 Å². The number of rotatable bonds is 3. The lowest BCUT2D eigenvalue weighted by Crippen LogP contribution is -1.88. The van der Waals surface area contributed by atoms with Crippen LogP contribution in [0.25, 0.3) is 5.65 Å². The van der Waals surface area contributed by atoms with Crippen LogP contribution in [0, 0.1) is 0 Å². The van der Waals surface area contributed by atoms with Gasteiger partial charge in [-0.25, -0.2) is 4.98 Å². The molecule has 2 nitrogen and oxygen atoms in total. The fourth-order valence-electron chi connectivity index (χ4n) is 2.07. The van der Waals surface area contributed by atoms with Gasteiger partial charge >= 0.3 is 0 Å². The van der Waals surface area contributed by atoms with Crippen LogP contribution in [0.2, 0.25) is 0 Å². The second-order valence-electron chi connectivity index (χ2n) is 4.49. The molecule has 0 saturated heterocycles. The van der Waals surface area contributed by atoms with Crippen molar-refractivity contribution in [1.82, 2.24) is 9.38 Å². The topological polar surface area (TPSA) is 17.3 Å². The molecule has 3 rings (SSSR count). The number of hydrogen-bond donors (Lipinski definition) is 0. The lowest BCUT2D eigenvalue weighted by atomic mass is 10.2. The Hall–Kier alpha value is -1.31. The minimum Gasteiger partial charge on any atom is -0.307 e. The third-order valence-electron chi connectivity index (χ3n) is 3.07. The van der Waals surface area contributed by atoms with E-state index in [0.29, 0.717) is 0 Å². The van der Waals surface area contributed by atoms with Crippen molar-refractivity contribution in [2.75, 3.05) is 0 Å². The molecule has 0 bridgehead atoms. The molecule has 0 unspecified atom stereocenters. The van der Waals surface area contributed by atoms with Crippen LogP contribution in [0.5, 0.6) is 0 Å². The molecule has 2 aromatic heterocycles. The van der Waals surface area contributed by atoms with E-state index in [1.165, 1.54) is 30.5 Å². The van der Waals surface area contributed by atoms with E-state index in [0.717, 1.165) is 18.0 Å². The molecule has 0 spiro atoms. The Morgan fingerprint density at radius 1 is 1.33 bits per heavy atom. The highest BCUT2D eigenvalue weighted by Gasteiger charge is 2.25. The van der Waals surface area contributed by atoms with Crippen LogP contribution in [0.1, 0.15) is 43.4 Å². The Balaban J connectivity index is 2.02.